The lowest BCUT2D eigenvalue weighted by Gasteiger charge is -2.39. The Morgan fingerprint density at radius 3 is 2.67 bits per heavy atom. The van der Waals surface area contributed by atoms with Crippen molar-refractivity contribution in [2.24, 2.45) is 5.92 Å². The van der Waals surface area contributed by atoms with Gasteiger partial charge in [0.2, 0.25) is 0 Å². The molecule has 1 aromatic carbocycles. The van der Waals surface area contributed by atoms with E-state index in [1.807, 2.05) is 0 Å². The molecule has 1 aromatic rings. The van der Waals surface area contributed by atoms with E-state index in [1.54, 1.807) is 5.56 Å². The van der Waals surface area contributed by atoms with Crippen molar-refractivity contribution in [1.82, 2.24) is 9.80 Å². The van der Waals surface area contributed by atoms with Gasteiger partial charge in [-0.25, -0.2) is 0 Å². The molecule has 0 radical (unpaired) electrons. The lowest BCUT2D eigenvalue weighted by molar-refractivity contribution is 0.151. The van der Waals surface area contributed by atoms with Crippen LogP contribution in [0.4, 0.5) is 0 Å². The van der Waals surface area contributed by atoms with Gasteiger partial charge < -0.3 is 9.80 Å². The second-order valence-electron chi connectivity index (χ2n) is 8.32. The fourth-order valence-corrected chi connectivity index (χ4v) is 5.05. The molecule has 24 heavy (non-hydrogen) atoms. The van der Waals surface area contributed by atoms with Gasteiger partial charge in [0.25, 0.3) is 0 Å². The maximum absolute atomic E-state index is 2.70. The Kier molecular flexibility index (Phi) is 4.78. The van der Waals surface area contributed by atoms with E-state index in [9.17, 15) is 0 Å². The smallest absolute Gasteiger partial charge is 0.0165 e. The van der Waals surface area contributed by atoms with E-state index < -0.39 is 0 Å². The maximum atomic E-state index is 2.70. The molecule has 0 saturated carbocycles. The molecule has 130 valence electrons. The topological polar surface area (TPSA) is 6.48 Å². The first-order valence-electron chi connectivity index (χ1n) is 9.99. The Balaban J connectivity index is 1.25. The highest BCUT2D eigenvalue weighted by Crippen LogP contribution is 2.43. The van der Waals surface area contributed by atoms with E-state index in [0.29, 0.717) is 5.41 Å². The zero-order valence-electron chi connectivity index (χ0n) is 15.2. The lowest BCUT2D eigenvalue weighted by Crippen LogP contribution is -2.42. The highest BCUT2D eigenvalue weighted by molar-refractivity contribution is 5.65. The van der Waals surface area contributed by atoms with Crippen LogP contribution in [-0.4, -0.2) is 49.1 Å². The fourth-order valence-electron chi connectivity index (χ4n) is 5.05. The van der Waals surface area contributed by atoms with Crippen molar-refractivity contribution in [3.05, 3.63) is 41.5 Å². The minimum Gasteiger partial charge on any atom is -0.303 e. The van der Waals surface area contributed by atoms with Crippen LogP contribution in [0.2, 0.25) is 0 Å². The number of allylic oxidation sites excluding steroid dienone is 1. The summed E-state index contributed by atoms with van der Waals surface area (Å²) in [6.07, 6.45) is 11.6. The van der Waals surface area contributed by atoms with Crippen LogP contribution in [0.15, 0.2) is 30.3 Å². The van der Waals surface area contributed by atoms with Crippen LogP contribution >= 0.6 is 0 Å². The summed E-state index contributed by atoms with van der Waals surface area (Å²) in [5.74, 6) is 0.905. The number of hydrogen-bond acceptors (Lipinski definition) is 2. The molecule has 2 saturated heterocycles. The molecular weight excluding hydrogens is 292 g/mol. The van der Waals surface area contributed by atoms with E-state index in [-0.39, 0.29) is 0 Å². The molecule has 0 aromatic heterocycles. The van der Waals surface area contributed by atoms with Gasteiger partial charge in [-0.2, -0.15) is 0 Å². The van der Waals surface area contributed by atoms with Crippen LogP contribution in [0.25, 0.3) is 6.08 Å². The molecule has 1 atom stereocenters. The van der Waals surface area contributed by atoms with E-state index in [2.05, 4.69) is 53.1 Å². The third kappa shape index (κ3) is 3.32. The van der Waals surface area contributed by atoms with Crippen molar-refractivity contribution in [1.29, 1.82) is 0 Å². The number of piperidine rings is 2. The van der Waals surface area contributed by atoms with Crippen molar-refractivity contribution < 1.29 is 0 Å². The third-order valence-electron chi connectivity index (χ3n) is 6.52. The molecule has 1 aliphatic carbocycles. The quantitative estimate of drug-likeness (QED) is 0.820. The van der Waals surface area contributed by atoms with Crippen LogP contribution < -0.4 is 0 Å². The average Bonchev–Trinajstić information content (AvgIpc) is 2.96. The van der Waals surface area contributed by atoms with Crippen LogP contribution in [0.5, 0.6) is 0 Å². The first kappa shape index (κ1) is 16.4. The van der Waals surface area contributed by atoms with Crippen molar-refractivity contribution in [3.8, 4) is 0 Å². The summed E-state index contributed by atoms with van der Waals surface area (Å²) >= 11 is 0. The molecule has 0 amide bonds. The Bertz CT molecular complexity index is 583. The Labute approximate surface area is 147 Å². The SMILES string of the molecule is CC1CCCN(CCCN2CCC3(C=Cc4ccccc43)CC2)C1. The highest BCUT2D eigenvalue weighted by Gasteiger charge is 2.37. The van der Waals surface area contributed by atoms with Gasteiger partial charge in [0, 0.05) is 12.0 Å². The van der Waals surface area contributed by atoms with Gasteiger partial charge in [-0.3, -0.25) is 0 Å². The van der Waals surface area contributed by atoms with E-state index in [4.69, 9.17) is 0 Å². The lowest BCUT2D eigenvalue weighted by atomic mass is 9.74. The number of fused-ring (bicyclic) bond motifs is 2. The van der Waals surface area contributed by atoms with Crippen LogP contribution in [0.1, 0.15) is 50.2 Å². The van der Waals surface area contributed by atoms with Gasteiger partial charge in [0.1, 0.15) is 0 Å². The number of hydrogen-bond donors (Lipinski definition) is 0. The molecule has 2 heterocycles. The molecule has 2 nitrogen and oxygen atoms in total. The van der Waals surface area contributed by atoms with Gasteiger partial charge in [0.15, 0.2) is 0 Å². The summed E-state index contributed by atoms with van der Waals surface area (Å²) in [5.41, 5.74) is 3.37. The van der Waals surface area contributed by atoms with Crippen molar-refractivity contribution in [2.75, 3.05) is 39.3 Å². The molecule has 4 rings (SSSR count). The molecule has 1 spiro atoms. The summed E-state index contributed by atoms with van der Waals surface area (Å²) in [4.78, 5) is 5.39. The second kappa shape index (κ2) is 7.01. The van der Waals surface area contributed by atoms with Crippen molar-refractivity contribution in [3.63, 3.8) is 0 Å². The zero-order valence-corrected chi connectivity index (χ0v) is 15.2. The minimum atomic E-state index is 0.343. The molecule has 1 unspecified atom stereocenters. The first-order chi connectivity index (χ1) is 11.8. The Hall–Kier alpha value is -1.12. The summed E-state index contributed by atoms with van der Waals surface area (Å²) in [7, 11) is 0. The molecule has 2 aliphatic heterocycles. The largest absolute Gasteiger partial charge is 0.303 e. The number of likely N-dealkylation sites (tertiary alicyclic amines) is 2. The standard InChI is InChI=1S/C22H32N2/c1-19-6-4-13-24(18-19)15-5-14-23-16-11-22(12-17-23)10-9-20-7-2-3-8-21(20)22/h2-3,7-10,19H,4-6,11-18H2,1H3. The van der Waals surface area contributed by atoms with Crippen molar-refractivity contribution >= 4 is 6.08 Å². The van der Waals surface area contributed by atoms with E-state index in [1.165, 1.54) is 76.9 Å². The van der Waals surface area contributed by atoms with Gasteiger partial charge in [-0.1, -0.05) is 43.3 Å². The van der Waals surface area contributed by atoms with Gasteiger partial charge in [-0.15, -0.1) is 0 Å². The maximum Gasteiger partial charge on any atom is 0.0165 e. The zero-order chi connectivity index (χ0) is 16.4. The second-order valence-corrected chi connectivity index (χ2v) is 8.32. The average molecular weight is 325 g/mol. The minimum absolute atomic E-state index is 0.343. The predicted molar refractivity (Wildman–Crippen MR) is 102 cm³/mol. The van der Waals surface area contributed by atoms with Crippen molar-refractivity contribution in [2.45, 2.75) is 44.4 Å². The molecule has 2 heteroatoms. The Morgan fingerprint density at radius 1 is 1.04 bits per heavy atom. The number of benzene rings is 1. The fraction of sp³-hybridized carbons (Fsp3) is 0.636. The molecule has 3 aliphatic rings. The summed E-state index contributed by atoms with van der Waals surface area (Å²) in [6, 6.07) is 8.99. The van der Waals surface area contributed by atoms with Crippen LogP contribution in [0, 0.1) is 5.92 Å². The number of nitrogens with zero attached hydrogens (tertiary/aromatic N) is 2. The van der Waals surface area contributed by atoms with Crippen LogP contribution in [0.3, 0.4) is 0 Å². The molecular formula is C22H32N2. The first-order valence-corrected chi connectivity index (χ1v) is 9.99. The number of rotatable bonds is 4. The highest BCUT2D eigenvalue weighted by atomic mass is 15.2. The third-order valence-corrected chi connectivity index (χ3v) is 6.52. The summed E-state index contributed by atoms with van der Waals surface area (Å²) in [5, 5.41) is 0. The van der Waals surface area contributed by atoms with E-state index in [0.717, 1.165) is 5.92 Å². The summed E-state index contributed by atoms with van der Waals surface area (Å²) < 4.78 is 0. The van der Waals surface area contributed by atoms with Gasteiger partial charge in [0.05, 0.1) is 0 Å². The summed E-state index contributed by atoms with van der Waals surface area (Å²) in [6.45, 7) is 10.2. The molecule has 0 bridgehead atoms. The monoisotopic (exact) mass is 324 g/mol. The van der Waals surface area contributed by atoms with Gasteiger partial charge >= 0.3 is 0 Å². The molecule has 0 N–H and O–H groups in total. The van der Waals surface area contributed by atoms with Gasteiger partial charge in [-0.05, 0) is 81.9 Å². The predicted octanol–water partition coefficient (Wildman–Crippen LogP) is 4.17. The molecule has 2 fully saturated rings. The van der Waals surface area contributed by atoms with E-state index >= 15 is 0 Å². The Morgan fingerprint density at radius 2 is 1.83 bits per heavy atom. The van der Waals surface area contributed by atoms with Crippen LogP contribution in [-0.2, 0) is 5.41 Å². The normalized spacial score (nSPS) is 26.8.